The van der Waals surface area contributed by atoms with Gasteiger partial charge in [-0.15, -0.1) is 0 Å². The molecule has 4 heteroatoms. The van der Waals surface area contributed by atoms with Crippen LogP contribution < -0.4 is 5.32 Å². The van der Waals surface area contributed by atoms with Gasteiger partial charge in [0.05, 0.1) is 0 Å². The molecular weight excluding hydrogens is 240 g/mol. The molecule has 1 N–H and O–H groups in total. The maximum atomic E-state index is 12.8. The van der Waals surface area contributed by atoms with Gasteiger partial charge in [0.2, 0.25) is 11.8 Å². The van der Waals surface area contributed by atoms with Gasteiger partial charge in [0.15, 0.2) is 0 Å². The van der Waals surface area contributed by atoms with Crippen molar-refractivity contribution in [1.82, 2.24) is 10.2 Å². The van der Waals surface area contributed by atoms with Crippen molar-refractivity contribution in [2.45, 2.75) is 71.4 Å². The fourth-order valence-corrected chi connectivity index (χ4v) is 3.27. The lowest BCUT2D eigenvalue weighted by atomic mass is 9.69. The molecule has 1 heterocycles. The minimum Gasteiger partial charge on any atom is -0.340 e. The molecule has 108 valence electrons. The van der Waals surface area contributed by atoms with Crippen LogP contribution in [0.4, 0.5) is 0 Å². The molecule has 0 aromatic carbocycles. The lowest BCUT2D eigenvalue weighted by Gasteiger charge is -2.49. The van der Waals surface area contributed by atoms with E-state index < -0.39 is 5.54 Å². The molecule has 0 aromatic heterocycles. The average molecular weight is 266 g/mol. The van der Waals surface area contributed by atoms with Crippen molar-refractivity contribution in [1.29, 1.82) is 0 Å². The van der Waals surface area contributed by atoms with Gasteiger partial charge in [0.25, 0.3) is 0 Å². The summed E-state index contributed by atoms with van der Waals surface area (Å²) in [5.74, 6) is 0.101. The van der Waals surface area contributed by atoms with Gasteiger partial charge in [-0.25, -0.2) is 0 Å². The van der Waals surface area contributed by atoms with Crippen molar-refractivity contribution in [3.63, 3.8) is 0 Å². The molecule has 19 heavy (non-hydrogen) atoms. The lowest BCUT2D eigenvalue weighted by Crippen LogP contribution is -2.70. The van der Waals surface area contributed by atoms with E-state index in [4.69, 9.17) is 0 Å². The Hall–Kier alpha value is -1.06. The monoisotopic (exact) mass is 266 g/mol. The Balaban J connectivity index is 2.23. The van der Waals surface area contributed by atoms with Crippen molar-refractivity contribution < 1.29 is 9.59 Å². The Morgan fingerprint density at radius 2 is 1.84 bits per heavy atom. The summed E-state index contributed by atoms with van der Waals surface area (Å²) in [4.78, 5) is 26.8. The summed E-state index contributed by atoms with van der Waals surface area (Å²) in [6, 6.07) is -0.337. The molecule has 1 saturated carbocycles. The summed E-state index contributed by atoms with van der Waals surface area (Å²) in [6.45, 7) is 8.73. The van der Waals surface area contributed by atoms with Gasteiger partial charge in [-0.05, 0) is 38.0 Å². The molecule has 2 rings (SSSR count). The summed E-state index contributed by atoms with van der Waals surface area (Å²) in [5, 5.41) is 2.95. The van der Waals surface area contributed by atoms with Crippen LogP contribution in [0.2, 0.25) is 0 Å². The number of carbonyl (C=O) groups is 2. The highest BCUT2D eigenvalue weighted by Crippen LogP contribution is 2.42. The zero-order valence-electron chi connectivity index (χ0n) is 12.6. The van der Waals surface area contributed by atoms with Crippen LogP contribution in [0.15, 0.2) is 0 Å². The summed E-state index contributed by atoms with van der Waals surface area (Å²) in [7, 11) is 0. The third kappa shape index (κ3) is 2.26. The number of piperazine rings is 1. The van der Waals surface area contributed by atoms with Gasteiger partial charge < -0.3 is 10.2 Å². The van der Waals surface area contributed by atoms with E-state index in [2.05, 4.69) is 12.2 Å². The third-order valence-corrected chi connectivity index (χ3v) is 5.20. The Morgan fingerprint density at radius 3 is 2.26 bits per heavy atom. The fraction of sp³-hybridized carbons (Fsp3) is 0.867. The van der Waals surface area contributed by atoms with Crippen LogP contribution in [0.5, 0.6) is 0 Å². The van der Waals surface area contributed by atoms with E-state index in [-0.39, 0.29) is 23.3 Å². The van der Waals surface area contributed by atoms with E-state index >= 15 is 0 Å². The van der Waals surface area contributed by atoms with Crippen LogP contribution >= 0.6 is 0 Å². The van der Waals surface area contributed by atoms with E-state index in [1.807, 2.05) is 25.7 Å². The minimum atomic E-state index is -0.677. The summed E-state index contributed by atoms with van der Waals surface area (Å²) >= 11 is 0. The summed E-state index contributed by atoms with van der Waals surface area (Å²) < 4.78 is 0. The van der Waals surface area contributed by atoms with E-state index in [0.29, 0.717) is 12.8 Å². The van der Waals surface area contributed by atoms with Gasteiger partial charge in [0.1, 0.15) is 11.6 Å². The van der Waals surface area contributed by atoms with Crippen molar-refractivity contribution >= 4 is 11.8 Å². The van der Waals surface area contributed by atoms with Gasteiger partial charge in [-0.2, -0.15) is 0 Å². The van der Waals surface area contributed by atoms with Crippen LogP contribution in [0.25, 0.3) is 0 Å². The molecule has 1 atom stereocenters. The Labute approximate surface area is 115 Å². The molecule has 2 fully saturated rings. The predicted octanol–water partition coefficient (Wildman–Crippen LogP) is 2.08. The van der Waals surface area contributed by atoms with Crippen LogP contribution in [-0.2, 0) is 9.59 Å². The van der Waals surface area contributed by atoms with Gasteiger partial charge in [-0.3, -0.25) is 9.59 Å². The quantitative estimate of drug-likeness (QED) is 0.847. The summed E-state index contributed by atoms with van der Waals surface area (Å²) in [6.07, 6.45) is 4.89. The fourth-order valence-electron chi connectivity index (χ4n) is 3.27. The lowest BCUT2D eigenvalue weighted by molar-refractivity contribution is -0.157. The smallest absolute Gasteiger partial charge is 0.248 e. The molecule has 0 aromatic rings. The minimum absolute atomic E-state index is 0.00813. The topological polar surface area (TPSA) is 49.4 Å². The zero-order valence-corrected chi connectivity index (χ0v) is 12.6. The standard InChI is InChI=1S/C15H26N2O2/c1-5-15(6-2)13(19)17(11(3)12(18)16-15)10-14(4)8-7-9-14/h11H,5-10H2,1-4H3,(H,16,18). The first-order valence-corrected chi connectivity index (χ1v) is 7.50. The molecular formula is C15H26N2O2. The van der Waals surface area contributed by atoms with Crippen LogP contribution in [0.1, 0.15) is 59.8 Å². The van der Waals surface area contributed by atoms with Gasteiger partial charge in [-0.1, -0.05) is 27.2 Å². The Bertz CT molecular complexity index is 384. The van der Waals surface area contributed by atoms with Crippen LogP contribution in [0, 0.1) is 5.41 Å². The molecule has 0 bridgehead atoms. The van der Waals surface area contributed by atoms with Crippen LogP contribution in [-0.4, -0.2) is 34.8 Å². The number of nitrogens with one attached hydrogen (secondary N) is 1. The first-order chi connectivity index (χ1) is 8.87. The van der Waals surface area contributed by atoms with Gasteiger partial charge in [0, 0.05) is 6.54 Å². The highest BCUT2D eigenvalue weighted by molar-refractivity contribution is 5.99. The number of nitrogens with zero attached hydrogens (tertiary/aromatic N) is 1. The Morgan fingerprint density at radius 1 is 1.26 bits per heavy atom. The maximum absolute atomic E-state index is 12.8. The number of rotatable bonds is 4. The number of carbonyl (C=O) groups excluding carboxylic acids is 2. The normalized spacial score (nSPS) is 28.8. The van der Waals surface area contributed by atoms with Crippen molar-refractivity contribution in [2.24, 2.45) is 5.41 Å². The Kier molecular flexibility index (Phi) is 3.63. The highest BCUT2D eigenvalue weighted by atomic mass is 16.2. The van der Waals surface area contributed by atoms with E-state index in [1.165, 1.54) is 6.42 Å². The van der Waals surface area contributed by atoms with E-state index in [0.717, 1.165) is 19.4 Å². The molecule has 0 spiro atoms. The second kappa shape index (κ2) is 4.80. The number of hydrogen-bond donors (Lipinski definition) is 1. The van der Waals surface area contributed by atoms with Crippen molar-refractivity contribution in [3.05, 3.63) is 0 Å². The average Bonchev–Trinajstić information content (AvgIpc) is 2.37. The van der Waals surface area contributed by atoms with Gasteiger partial charge >= 0.3 is 0 Å². The first kappa shape index (κ1) is 14.4. The molecule has 1 saturated heterocycles. The molecule has 2 aliphatic rings. The number of amides is 2. The second-order valence-corrected chi connectivity index (χ2v) is 6.55. The van der Waals surface area contributed by atoms with Crippen molar-refractivity contribution in [2.75, 3.05) is 6.54 Å². The number of hydrogen-bond acceptors (Lipinski definition) is 2. The molecule has 1 unspecified atom stereocenters. The maximum Gasteiger partial charge on any atom is 0.248 e. The molecule has 2 amide bonds. The van der Waals surface area contributed by atoms with E-state index in [9.17, 15) is 9.59 Å². The van der Waals surface area contributed by atoms with Crippen molar-refractivity contribution in [3.8, 4) is 0 Å². The summed E-state index contributed by atoms with van der Waals surface area (Å²) in [5.41, 5.74) is -0.460. The SMILES string of the molecule is CCC1(CC)NC(=O)C(C)N(CC2(C)CCC2)C1=O. The first-order valence-electron chi connectivity index (χ1n) is 7.50. The molecule has 1 aliphatic carbocycles. The highest BCUT2D eigenvalue weighted by Gasteiger charge is 2.49. The second-order valence-electron chi connectivity index (χ2n) is 6.55. The van der Waals surface area contributed by atoms with E-state index in [1.54, 1.807) is 0 Å². The van der Waals surface area contributed by atoms with Crippen LogP contribution in [0.3, 0.4) is 0 Å². The largest absolute Gasteiger partial charge is 0.340 e. The zero-order chi connectivity index (χ0) is 14.3. The predicted molar refractivity (Wildman–Crippen MR) is 74.6 cm³/mol. The molecule has 0 radical (unpaired) electrons. The molecule has 1 aliphatic heterocycles. The molecule has 4 nitrogen and oxygen atoms in total. The third-order valence-electron chi connectivity index (χ3n) is 5.20.